The zero-order valence-corrected chi connectivity index (χ0v) is 19.3. The van der Waals surface area contributed by atoms with Crippen LogP contribution >= 0.6 is 50.9 Å². The number of anilines is 1. The fraction of sp³-hybridized carbons (Fsp3) is 0. The average molecular weight is 538 g/mol. The standard InChI is InChI=1S/C21H11BrCl2N2O4S/c22-17-10-14(30-20(17)31-15-7-3-12(24)4-8-15)9-16-18(27)25-21(29)26(19(16)28)13-5-1-11(23)2-6-13/h1-10H,(H,25,27,29)/b16-9-. The summed E-state index contributed by atoms with van der Waals surface area (Å²) in [5.74, 6) is -1.30. The predicted molar refractivity (Wildman–Crippen MR) is 122 cm³/mol. The van der Waals surface area contributed by atoms with Crippen molar-refractivity contribution in [2.45, 2.75) is 9.99 Å². The molecule has 0 saturated carbocycles. The maximum absolute atomic E-state index is 12.9. The molecule has 10 heteroatoms. The van der Waals surface area contributed by atoms with Crippen molar-refractivity contribution in [2.24, 2.45) is 0 Å². The van der Waals surface area contributed by atoms with E-state index in [0.717, 1.165) is 9.80 Å². The predicted octanol–water partition coefficient (Wildman–Crippen LogP) is 6.17. The van der Waals surface area contributed by atoms with Gasteiger partial charge in [0.25, 0.3) is 11.8 Å². The van der Waals surface area contributed by atoms with Crippen molar-refractivity contribution in [1.29, 1.82) is 0 Å². The summed E-state index contributed by atoms with van der Waals surface area (Å²) in [5.41, 5.74) is 0.0451. The van der Waals surface area contributed by atoms with Crippen LogP contribution in [0.4, 0.5) is 10.5 Å². The molecule has 1 aliphatic rings. The molecular weight excluding hydrogens is 527 g/mol. The van der Waals surface area contributed by atoms with E-state index in [1.165, 1.54) is 30.0 Å². The van der Waals surface area contributed by atoms with Gasteiger partial charge < -0.3 is 4.42 Å². The van der Waals surface area contributed by atoms with E-state index in [9.17, 15) is 14.4 Å². The number of halogens is 3. The summed E-state index contributed by atoms with van der Waals surface area (Å²) in [6.45, 7) is 0. The summed E-state index contributed by atoms with van der Waals surface area (Å²) >= 11 is 16.5. The number of carbonyl (C=O) groups excluding carboxylic acids is 3. The second-order valence-corrected chi connectivity index (χ2v) is 9.05. The third kappa shape index (κ3) is 4.72. The minimum atomic E-state index is -0.839. The number of imide groups is 2. The summed E-state index contributed by atoms with van der Waals surface area (Å²) in [6.07, 6.45) is 1.30. The van der Waals surface area contributed by atoms with Crippen molar-refractivity contribution < 1.29 is 18.8 Å². The fourth-order valence-corrected chi connectivity index (χ4v) is 4.33. The summed E-state index contributed by atoms with van der Waals surface area (Å²) in [5, 5.41) is 3.77. The van der Waals surface area contributed by atoms with Crippen LogP contribution in [-0.2, 0) is 9.59 Å². The van der Waals surface area contributed by atoms with Crippen molar-refractivity contribution in [2.75, 3.05) is 4.90 Å². The van der Waals surface area contributed by atoms with Gasteiger partial charge in [0.1, 0.15) is 11.3 Å². The monoisotopic (exact) mass is 536 g/mol. The molecule has 4 amide bonds. The maximum Gasteiger partial charge on any atom is 0.335 e. The summed E-state index contributed by atoms with van der Waals surface area (Å²) < 4.78 is 6.43. The third-order valence-corrected chi connectivity index (χ3v) is 6.52. The number of nitrogens with one attached hydrogen (secondary N) is 1. The van der Waals surface area contributed by atoms with Gasteiger partial charge in [0.15, 0.2) is 5.09 Å². The first-order valence-corrected chi connectivity index (χ1v) is 11.1. The summed E-state index contributed by atoms with van der Waals surface area (Å²) in [4.78, 5) is 39.3. The molecule has 6 nitrogen and oxygen atoms in total. The number of hydrogen-bond acceptors (Lipinski definition) is 5. The van der Waals surface area contributed by atoms with Gasteiger partial charge in [-0.1, -0.05) is 35.0 Å². The molecular formula is C21H11BrCl2N2O4S. The zero-order chi connectivity index (χ0) is 22.1. The van der Waals surface area contributed by atoms with Gasteiger partial charge in [-0.2, -0.15) is 0 Å². The highest BCUT2D eigenvalue weighted by atomic mass is 79.9. The van der Waals surface area contributed by atoms with Crippen molar-refractivity contribution in [1.82, 2.24) is 5.32 Å². The minimum absolute atomic E-state index is 0.237. The lowest BCUT2D eigenvalue weighted by molar-refractivity contribution is -0.122. The molecule has 0 radical (unpaired) electrons. The van der Waals surface area contributed by atoms with Gasteiger partial charge in [-0.25, -0.2) is 9.69 Å². The van der Waals surface area contributed by atoms with Crippen LogP contribution in [0.3, 0.4) is 0 Å². The van der Waals surface area contributed by atoms with E-state index in [2.05, 4.69) is 21.2 Å². The minimum Gasteiger partial charge on any atom is -0.449 e. The zero-order valence-electron chi connectivity index (χ0n) is 15.4. The van der Waals surface area contributed by atoms with E-state index in [-0.39, 0.29) is 17.0 Å². The SMILES string of the molecule is O=C1NC(=O)N(c2ccc(Cl)cc2)C(=O)/C1=C\c1cc(Br)c(Sc2ccc(Cl)cc2)o1. The number of carbonyl (C=O) groups is 3. The molecule has 0 spiro atoms. The van der Waals surface area contributed by atoms with E-state index in [0.29, 0.717) is 19.6 Å². The Kier molecular flexibility index (Phi) is 6.24. The molecule has 1 aromatic heterocycles. The molecule has 0 unspecified atom stereocenters. The molecule has 156 valence electrons. The molecule has 31 heavy (non-hydrogen) atoms. The van der Waals surface area contributed by atoms with Crippen LogP contribution in [-0.4, -0.2) is 17.8 Å². The Balaban J connectivity index is 1.63. The Bertz CT molecular complexity index is 1220. The quantitative estimate of drug-likeness (QED) is 0.318. The van der Waals surface area contributed by atoms with E-state index < -0.39 is 17.8 Å². The fourth-order valence-electron chi connectivity index (χ4n) is 2.74. The van der Waals surface area contributed by atoms with Crippen molar-refractivity contribution in [3.63, 3.8) is 0 Å². The Morgan fingerprint density at radius 3 is 2.23 bits per heavy atom. The number of hydrogen-bond donors (Lipinski definition) is 1. The van der Waals surface area contributed by atoms with Crippen LogP contribution in [0.25, 0.3) is 6.08 Å². The first kappa shape index (κ1) is 21.7. The van der Waals surface area contributed by atoms with Gasteiger partial charge in [0, 0.05) is 14.9 Å². The van der Waals surface area contributed by atoms with Crippen molar-refractivity contribution in [3.8, 4) is 0 Å². The van der Waals surface area contributed by atoms with Crippen LogP contribution in [0.2, 0.25) is 10.0 Å². The molecule has 4 rings (SSSR count). The number of rotatable bonds is 4. The highest BCUT2D eigenvalue weighted by Gasteiger charge is 2.37. The molecule has 1 N–H and O–H groups in total. The number of nitrogens with zero attached hydrogens (tertiary/aromatic N) is 1. The number of barbiturate groups is 1. The van der Waals surface area contributed by atoms with Crippen LogP contribution in [0.15, 0.2) is 79.0 Å². The van der Waals surface area contributed by atoms with Gasteiger partial charge in [0.05, 0.1) is 10.2 Å². The number of furan rings is 1. The first-order valence-electron chi connectivity index (χ1n) is 8.71. The van der Waals surface area contributed by atoms with Crippen LogP contribution < -0.4 is 10.2 Å². The smallest absolute Gasteiger partial charge is 0.335 e. The molecule has 0 bridgehead atoms. The molecule has 0 aliphatic carbocycles. The van der Waals surface area contributed by atoms with E-state index >= 15 is 0 Å². The second kappa shape index (κ2) is 8.92. The van der Waals surface area contributed by atoms with Gasteiger partial charge >= 0.3 is 6.03 Å². The molecule has 2 aromatic carbocycles. The van der Waals surface area contributed by atoms with E-state index in [1.54, 1.807) is 30.3 Å². The van der Waals surface area contributed by atoms with Gasteiger partial charge in [-0.3, -0.25) is 14.9 Å². The third-order valence-electron chi connectivity index (χ3n) is 4.17. The van der Waals surface area contributed by atoms with Crippen LogP contribution in [0.5, 0.6) is 0 Å². The summed E-state index contributed by atoms with van der Waals surface area (Å²) in [6, 6.07) is 14.1. The number of urea groups is 1. The highest BCUT2D eigenvalue weighted by molar-refractivity contribution is 9.10. The van der Waals surface area contributed by atoms with E-state index in [1.807, 2.05) is 12.1 Å². The molecule has 1 fully saturated rings. The Labute approximate surface area is 199 Å². The largest absolute Gasteiger partial charge is 0.449 e. The van der Waals surface area contributed by atoms with E-state index in [4.69, 9.17) is 27.6 Å². The normalized spacial score (nSPS) is 15.5. The Morgan fingerprint density at radius 2 is 1.58 bits per heavy atom. The van der Waals surface area contributed by atoms with Gasteiger partial charge in [-0.15, -0.1) is 0 Å². The molecule has 1 aliphatic heterocycles. The molecule has 1 saturated heterocycles. The number of amides is 4. The summed E-state index contributed by atoms with van der Waals surface area (Å²) in [7, 11) is 0. The molecule has 2 heterocycles. The maximum atomic E-state index is 12.9. The lowest BCUT2D eigenvalue weighted by Gasteiger charge is -2.26. The molecule has 3 aromatic rings. The Hall–Kier alpha value is -2.52. The number of benzene rings is 2. The average Bonchev–Trinajstić information content (AvgIpc) is 3.07. The van der Waals surface area contributed by atoms with Crippen molar-refractivity contribution in [3.05, 3.63) is 80.4 Å². The lowest BCUT2D eigenvalue weighted by Crippen LogP contribution is -2.54. The van der Waals surface area contributed by atoms with Crippen LogP contribution in [0.1, 0.15) is 5.76 Å². The van der Waals surface area contributed by atoms with Crippen LogP contribution in [0, 0.1) is 0 Å². The van der Waals surface area contributed by atoms with Gasteiger partial charge in [-0.05, 0) is 76.6 Å². The first-order chi connectivity index (χ1) is 14.8. The second-order valence-electron chi connectivity index (χ2n) is 6.27. The lowest BCUT2D eigenvalue weighted by atomic mass is 10.1. The van der Waals surface area contributed by atoms with Gasteiger partial charge in [0.2, 0.25) is 0 Å². The highest BCUT2D eigenvalue weighted by Crippen LogP contribution is 2.37. The Morgan fingerprint density at radius 1 is 0.968 bits per heavy atom. The van der Waals surface area contributed by atoms with Crippen molar-refractivity contribution >= 4 is 80.5 Å². The molecule has 0 atom stereocenters. The topological polar surface area (TPSA) is 79.6 Å².